The van der Waals surface area contributed by atoms with Gasteiger partial charge in [0.1, 0.15) is 6.34 Å². The molecule has 1 aliphatic rings. The molecule has 0 aliphatic carbocycles. The summed E-state index contributed by atoms with van der Waals surface area (Å²) in [4.78, 5) is 1.92. The minimum Gasteiger partial charge on any atom is -0.360 e. The van der Waals surface area contributed by atoms with Gasteiger partial charge in [-0.25, -0.2) is 0 Å². The first-order valence-electron chi connectivity index (χ1n) is 2.40. The zero-order chi connectivity index (χ0) is 5.82. The molecule has 0 unspecified atom stereocenters. The van der Waals surface area contributed by atoms with Gasteiger partial charge >= 0.3 is 0 Å². The molecule has 1 aliphatic heterocycles. The van der Waals surface area contributed by atoms with Gasteiger partial charge < -0.3 is 4.90 Å². The predicted molar refractivity (Wildman–Crippen MR) is 33.1 cm³/mol. The van der Waals surface area contributed by atoms with Gasteiger partial charge in [0, 0.05) is 19.5 Å². The average Bonchev–Trinajstić information content (AvgIpc) is 1.94. The van der Waals surface area contributed by atoms with Crippen molar-refractivity contribution >= 4 is 12.2 Å². The van der Waals surface area contributed by atoms with Crippen molar-refractivity contribution in [3.05, 3.63) is 6.08 Å². The monoisotopic (exact) mass is 109 g/mol. The maximum Gasteiger partial charge on any atom is 0.114 e. The highest BCUT2D eigenvalue weighted by molar-refractivity contribution is 5.60. The largest absolute Gasteiger partial charge is 0.360 e. The van der Waals surface area contributed by atoms with Crippen molar-refractivity contribution in [2.24, 2.45) is 10.2 Å². The van der Waals surface area contributed by atoms with E-state index in [9.17, 15) is 0 Å². The summed E-state index contributed by atoms with van der Waals surface area (Å²) in [6, 6.07) is 0. The molecule has 0 aromatic carbocycles. The molecule has 3 heteroatoms. The van der Waals surface area contributed by atoms with Gasteiger partial charge in [0.25, 0.3) is 0 Å². The van der Waals surface area contributed by atoms with Crippen molar-refractivity contribution in [1.82, 2.24) is 4.90 Å². The van der Waals surface area contributed by atoms with E-state index in [1.54, 1.807) is 6.34 Å². The first-order chi connectivity index (χ1) is 3.89. The van der Waals surface area contributed by atoms with E-state index in [0.29, 0.717) is 0 Å². The Morgan fingerprint density at radius 3 is 3.50 bits per heavy atom. The number of hydrogen-bond donors (Lipinski definition) is 0. The van der Waals surface area contributed by atoms with Gasteiger partial charge in [0.15, 0.2) is 0 Å². The van der Waals surface area contributed by atoms with Gasteiger partial charge in [0.05, 0.1) is 0 Å². The maximum absolute atomic E-state index is 3.64. The van der Waals surface area contributed by atoms with Crippen LogP contribution in [-0.4, -0.2) is 30.7 Å². The maximum atomic E-state index is 3.64. The van der Waals surface area contributed by atoms with Crippen LogP contribution in [0.5, 0.6) is 0 Å². The smallest absolute Gasteiger partial charge is 0.114 e. The molecule has 0 aromatic heterocycles. The second-order valence-electron chi connectivity index (χ2n) is 1.60. The second kappa shape index (κ2) is 2.28. The van der Waals surface area contributed by atoms with Crippen molar-refractivity contribution in [3.8, 4) is 0 Å². The van der Waals surface area contributed by atoms with Gasteiger partial charge in [-0.2, -0.15) is 0 Å². The lowest BCUT2D eigenvalue weighted by molar-refractivity contribution is 0.583. The predicted octanol–water partition coefficient (Wildman–Crippen LogP) is 0.101. The molecule has 42 valence electrons. The van der Waals surface area contributed by atoms with E-state index < -0.39 is 0 Å². The van der Waals surface area contributed by atoms with Crippen LogP contribution < -0.4 is 0 Å². The van der Waals surface area contributed by atoms with Crippen molar-refractivity contribution in [1.29, 1.82) is 0 Å². The molecule has 0 N–H and O–H groups in total. The van der Waals surface area contributed by atoms with E-state index >= 15 is 0 Å². The lowest BCUT2D eigenvalue weighted by Gasteiger charge is -2.04. The Balaban J connectivity index is 2.66. The topological polar surface area (TPSA) is 28.0 Å². The zero-order valence-corrected chi connectivity index (χ0v) is 4.70. The fourth-order valence-electron chi connectivity index (χ4n) is 0.420. The van der Waals surface area contributed by atoms with Crippen LogP contribution in [0, 0.1) is 0 Å². The number of likely N-dealkylation sites (N-methyl/N-ethyl adjacent to an activating group) is 1. The molecule has 1 heterocycles. The quantitative estimate of drug-likeness (QED) is 0.433. The summed E-state index contributed by atoms with van der Waals surface area (Å²) < 4.78 is 0. The third-order valence-corrected chi connectivity index (χ3v) is 0.835. The molecule has 1 rings (SSSR count). The van der Waals surface area contributed by atoms with Gasteiger partial charge in [-0.05, 0) is 6.08 Å². The highest BCUT2D eigenvalue weighted by atomic mass is 15.3. The summed E-state index contributed by atoms with van der Waals surface area (Å²) in [6.45, 7) is 0.840. The van der Waals surface area contributed by atoms with Crippen molar-refractivity contribution in [2.75, 3.05) is 13.6 Å². The number of nitrogens with zero attached hydrogens (tertiary/aromatic N) is 3. The number of rotatable bonds is 0. The lowest BCUT2D eigenvalue weighted by atomic mass is 10.6. The van der Waals surface area contributed by atoms with Crippen LogP contribution in [0.2, 0.25) is 0 Å². The highest BCUT2D eigenvalue weighted by Crippen LogP contribution is 1.80. The standard InChI is InChI=1S/C5H7N3/c1-8-4-2-3-6-7-5-8/h2,5H,4H2,1H3. The van der Waals surface area contributed by atoms with Gasteiger partial charge in [-0.15, -0.1) is 10.2 Å². The van der Waals surface area contributed by atoms with Crippen LogP contribution in [0.1, 0.15) is 0 Å². The molecule has 0 bridgehead atoms. The minimum absolute atomic E-state index is 0.840. The minimum atomic E-state index is 0.840. The second-order valence-corrected chi connectivity index (χ2v) is 1.60. The van der Waals surface area contributed by atoms with E-state index in [4.69, 9.17) is 0 Å². The summed E-state index contributed by atoms with van der Waals surface area (Å²) in [6.07, 6.45) is 3.49. The molecule has 0 spiro atoms. The first kappa shape index (κ1) is 5.06. The summed E-state index contributed by atoms with van der Waals surface area (Å²) >= 11 is 0. The van der Waals surface area contributed by atoms with Crippen LogP contribution in [0.25, 0.3) is 0 Å². The summed E-state index contributed by atoms with van der Waals surface area (Å²) in [7, 11) is 1.93. The third-order valence-electron chi connectivity index (χ3n) is 0.835. The molecule has 0 aromatic rings. The lowest BCUT2D eigenvalue weighted by Crippen LogP contribution is -2.14. The fourth-order valence-corrected chi connectivity index (χ4v) is 0.420. The SMILES string of the molecule is CN1C=NN=C=CC1. The van der Waals surface area contributed by atoms with Crippen LogP contribution in [0.4, 0.5) is 0 Å². The van der Waals surface area contributed by atoms with E-state index in [1.807, 2.05) is 18.0 Å². The molecule has 0 saturated heterocycles. The van der Waals surface area contributed by atoms with E-state index in [-0.39, 0.29) is 0 Å². The number of hydrogen-bond acceptors (Lipinski definition) is 3. The van der Waals surface area contributed by atoms with E-state index in [0.717, 1.165) is 6.54 Å². The molecular weight excluding hydrogens is 102 g/mol. The normalized spacial score (nSPS) is 16.9. The molecule has 3 nitrogen and oxygen atoms in total. The Morgan fingerprint density at radius 2 is 2.62 bits per heavy atom. The zero-order valence-electron chi connectivity index (χ0n) is 4.70. The molecule has 0 atom stereocenters. The molecule has 0 radical (unpaired) electrons. The molecule has 0 fully saturated rings. The average molecular weight is 109 g/mol. The molecular formula is C5H7N3. The third kappa shape index (κ3) is 1.21. The Morgan fingerprint density at radius 1 is 1.75 bits per heavy atom. The fraction of sp³-hybridized carbons (Fsp3) is 0.400. The first-order valence-corrected chi connectivity index (χ1v) is 2.40. The van der Waals surface area contributed by atoms with Crippen LogP contribution in [-0.2, 0) is 0 Å². The van der Waals surface area contributed by atoms with E-state index in [1.165, 1.54) is 0 Å². The highest BCUT2D eigenvalue weighted by Gasteiger charge is 1.86. The van der Waals surface area contributed by atoms with Crippen molar-refractivity contribution in [2.45, 2.75) is 0 Å². The van der Waals surface area contributed by atoms with Crippen molar-refractivity contribution < 1.29 is 0 Å². The Labute approximate surface area is 48.0 Å². The molecule has 0 saturated carbocycles. The molecule has 8 heavy (non-hydrogen) atoms. The van der Waals surface area contributed by atoms with Gasteiger partial charge in [-0.1, -0.05) is 0 Å². The van der Waals surface area contributed by atoms with Crippen molar-refractivity contribution in [3.63, 3.8) is 0 Å². The van der Waals surface area contributed by atoms with Crippen LogP contribution >= 0.6 is 0 Å². The Bertz CT molecular complexity index is 153. The van der Waals surface area contributed by atoms with E-state index in [2.05, 4.69) is 16.1 Å². The van der Waals surface area contributed by atoms with Crippen LogP contribution in [0.15, 0.2) is 16.3 Å². The summed E-state index contributed by atoms with van der Waals surface area (Å²) in [5, 5.41) is 7.18. The molecule has 0 amide bonds. The van der Waals surface area contributed by atoms with Crippen LogP contribution in [0.3, 0.4) is 0 Å². The Hall–Kier alpha value is -1.08. The summed E-state index contributed by atoms with van der Waals surface area (Å²) in [5.41, 5.74) is 0. The van der Waals surface area contributed by atoms with Gasteiger partial charge in [-0.3, -0.25) is 0 Å². The van der Waals surface area contributed by atoms with Gasteiger partial charge in [0.2, 0.25) is 0 Å². The Kier molecular flexibility index (Phi) is 1.45. The summed E-state index contributed by atoms with van der Waals surface area (Å²) in [5.74, 6) is 2.64.